The van der Waals surface area contributed by atoms with E-state index in [-0.39, 0.29) is 26.1 Å². The molecule has 0 radical (unpaired) electrons. The zero-order valence-electron chi connectivity index (χ0n) is 19.3. The van der Waals surface area contributed by atoms with Crippen LogP contribution in [0.25, 0.3) is 16.6 Å². The number of quaternary nitrogens is 1. The maximum Gasteiger partial charge on any atom is 0.497 e. The van der Waals surface area contributed by atoms with Crippen LogP contribution in [0.1, 0.15) is 36.0 Å². The number of anilines is 1. The van der Waals surface area contributed by atoms with Gasteiger partial charge < -0.3 is 11.1 Å². The Morgan fingerprint density at radius 1 is 1.06 bits per heavy atom. The average Bonchev–Trinajstić information content (AvgIpc) is 3.27. The van der Waals surface area contributed by atoms with Gasteiger partial charge in [-0.25, -0.2) is 9.48 Å². The van der Waals surface area contributed by atoms with Gasteiger partial charge >= 0.3 is 12.1 Å². The van der Waals surface area contributed by atoms with Crippen molar-refractivity contribution in [1.29, 1.82) is 0 Å². The number of carbonyl (C=O) groups is 3. The molecule has 0 spiro atoms. The number of alkyl halides is 3. The highest BCUT2D eigenvalue weighted by Crippen LogP contribution is 2.26. The fourth-order valence-corrected chi connectivity index (χ4v) is 4.28. The molecule has 12 heteroatoms. The van der Waals surface area contributed by atoms with Gasteiger partial charge in [0.1, 0.15) is 25.2 Å². The number of hydroxylamine groups is 3. The second-order valence-corrected chi connectivity index (χ2v) is 8.69. The van der Waals surface area contributed by atoms with E-state index in [4.69, 9.17) is 10.6 Å². The van der Waals surface area contributed by atoms with E-state index in [2.05, 4.69) is 10.4 Å². The maximum atomic E-state index is 12.7. The largest absolute Gasteiger partial charge is 0.497 e. The lowest BCUT2D eigenvalue weighted by molar-refractivity contribution is -1.09. The summed E-state index contributed by atoms with van der Waals surface area (Å²) in [5.74, 6) is -3.23. The smallest absolute Gasteiger partial charge is 0.366 e. The Balaban J connectivity index is 1.40. The summed E-state index contributed by atoms with van der Waals surface area (Å²) < 4.78 is 39.3. The Labute approximate surface area is 204 Å². The van der Waals surface area contributed by atoms with E-state index < -0.39 is 28.6 Å². The molecule has 2 aromatic carbocycles. The second-order valence-electron chi connectivity index (χ2n) is 8.69. The van der Waals surface area contributed by atoms with Gasteiger partial charge in [-0.3, -0.25) is 14.4 Å². The van der Waals surface area contributed by atoms with Gasteiger partial charge in [-0.15, -0.1) is 4.65 Å². The van der Waals surface area contributed by atoms with Crippen molar-refractivity contribution < 1.29 is 37.0 Å². The molecule has 0 bridgehead atoms. The highest BCUT2D eigenvalue weighted by Gasteiger charge is 2.48. The quantitative estimate of drug-likeness (QED) is 0.478. The third-order valence-corrected chi connectivity index (χ3v) is 6.10. The second kappa shape index (κ2) is 9.97. The summed E-state index contributed by atoms with van der Waals surface area (Å²) in [7, 11) is 0. The van der Waals surface area contributed by atoms with Crippen molar-refractivity contribution in [1.82, 2.24) is 9.78 Å². The molecule has 1 aliphatic rings. The number of benzene rings is 2. The van der Waals surface area contributed by atoms with Crippen LogP contribution < -0.4 is 11.1 Å². The number of hydrogen-bond acceptors (Lipinski definition) is 5. The van der Waals surface area contributed by atoms with Crippen molar-refractivity contribution in [3.05, 3.63) is 54.2 Å². The van der Waals surface area contributed by atoms with Crippen LogP contribution in [0, 0.1) is 0 Å². The number of rotatable bonds is 7. The molecule has 0 aliphatic carbocycles. The van der Waals surface area contributed by atoms with Crippen molar-refractivity contribution in [3.8, 4) is 5.69 Å². The van der Waals surface area contributed by atoms with Gasteiger partial charge in [0, 0.05) is 30.1 Å². The van der Waals surface area contributed by atoms with Gasteiger partial charge in [0.25, 0.3) is 5.91 Å². The van der Waals surface area contributed by atoms with Crippen LogP contribution in [0.2, 0.25) is 0 Å². The Morgan fingerprint density at radius 3 is 2.39 bits per heavy atom. The zero-order chi connectivity index (χ0) is 25.9. The van der Waals surface area contributed by atoms with Crippen molar-refractivity contribution in [3.63, 3.8) is 0 Å². The van der Waals surface area contributed by atoms with Crippen LogP contribution in [-0.4, -0.2) is 58.0 Å². The van der Waals surface area contributed by atoms with Gasteiger partial charge in [-0.2, -0.15) is 18.3 Å². The number of primary amides is 1. The predicted molar refractivity (Wildman–Crippen MR) is 124 cm³/mol. The minimum atomic E-state index is -5.09. The number of fused-ring (bicyclic) bond motifs is 1. The van der Waals surface area contributed by atoms with Gasteiger partial charge in [0.2, 0.25) is 5.91 Å². The van der Waals surface area contributed by atoms with E-state index in [1.165, 1.54) is 0 Å². The van der Waals surface area contributed by atoms with E-state index in [9.17, 15) is 27.6 Å². The van der Waals surface area contributed by atoms with Crippen molar-refractivity contribution in [2.45, 2.75) is 31.9 Å². The first-order valence-electron chi connectivity index (χ1n) is 11.4. The molecule has 1 aliphatic heterocycles. The highest BCUT2D eigenvalue weighted by atomic mass is 19.4. The summed E-state index contributed by atoms with van der Waals surface area (Å²) in [5.41, 5.74) is 7.36. The van der Waals surface area contributed by atoms with E-state index >= 15 is 0 Å². The Kier molecular flexibility index (Phi) is 6.97. The first-order chi connectivity index (χ1) is 17.1. The summed E-state index contributed by atoms with van der Waals surface area (Å²) in [5, 5.41) is 7.88. The van der Waals surface area contributed by atoms with Crippen LogP contribution in [0.15, 0.2) is 48.7 Å². The molecule has 190 valence electrons. The number of nitrogens with one attached hydrogen (secondary N) is 1. The van der Waals surface area contributed by atoms with E-state index in [0.29, 0.717) is 35.3 Å². The number of hydrogen-bond donors (Lipinski definition) is 2. The average molecular weight is 504 g/mol. The van der Waals surface area contributed by atoms with Crippen LogP contribution in [0.5, 0.6) is 0 Å². The lowest BCUT2D eigenvalue weighted by Crippen LogP contribution is -2.55. The molecule has 1 aromatic heterocycles. The summed E-state index contributed by atoms with van der Waals surface area (Å²) in [6, 6.07) is 11.9. The number of nitrogens with two attached hydrogens (primary N) is 1. The number of halogens is 3. The third kappa shape index (κ3) is 5.65. The molecular formula is C24H25F3N5O4+. The van der Waals surface area contributed by atoms with Gasteiger partial charge in [-0.05, 0) is 36.8 Å². The first kappa shape index (κ1) is 25.2. The molecule has 4 rings (SSSR count). The predicted octanol–water partition coefficient (Wildman–Crippen LogP) is 3.47. The Bertz CT molecular complexity index is 1280. The van der Waals surface area contributed by atoms with Crippen molar-refractivity contribution in [2.24, 2.45) is 5.73 Å². The number of aromatic nitrogens is 2. The number of carbonyl (C=O) groups excluding carboxylic acids is 3. The molecule has 3 N–H and O–H groups in total. The van der Waals surface area contributed by atoms with Crippen LogP contribution in [0.3, 0.4) is 0 Å². The van der Waals surface area contributed by atoms with E-state index in [1.54, 1.807) is 47.3 Å². The lowest BCUT2D eigenvalue weighted by Gasteiger charge is -2.37. The molecule has 2 heterocycles. The molecule has 0 atom stereocenters. The van der Waals surface area contributed by atoms with Crippen LogP contribution in [0.4, 0.5) is 18.9 Å². The number of piperidine rings is 1. The van der Waals surface area contributed by atoms with E-state index in [1.807, 2.05) is 6.07 Å². The molecule has 9 nitrogen and oxygen atoms in total. The summed E-state index contributed by atoms with van der Waals surface area (Å²) in [6.45, 7) is 0.423. The van der Waals surface area contributed by atoms with Gasteiger partial charge in [0.15, 0.2) is 0 Å². The van der Waals surface area contributed by atoms with E-state index in [0.717, 1.165) is 11.8 Å². The first-order valence-corrected chi connectivity index (χ1v) is 11.4. The normalized spacial score (nSPS) is 15.4. The zero-order valence-corrected chi connectivity index (χ0v) is 19.3. The summed E-state index contributed by atoms with van der Waals surface area (Å²) in [6.07, 6.45) is -1.41. The monoisotopic (exact) mass is 504 g/mol. The fraction of sp³-hybridized carbons (Fsp3) is 0.333. The topological polar surface area (TPSA) is 116 Å². The summed E-state index contributed by atoms with van der Waals surface area (Å²) in [4.78, 5) is 40.4. The minimum Gasteiger partial charge on any atom is -0.366 e. The molecule has 1 saturated heterocycles. The molecule has 1 fully saturated rings. The molecule has 0 unspecified atom stereocenters. The number of likely N-dealkylation sites (tertiary alicyclic amines) is 1. The third-order valence-electron chi connectivity index (χ3n) is 6.10. The SMILES string of the molecule is NC(=O)c1cccc2cn(-c3ccc(NC(=O)CC[N+]4(OC(=O)C(F)(F)F)CCCCC4)cc3)nc12. The van der Waals surface area contributed by atoms with Gasteiger partial charge in [-0.1, -0.05) is 12.1 Å². The molecular weight excluding hydrogens is 479 g/mol. The lowest BCUT2D eigenvalue weighted by atomic mass is 10.1. The Hall–Kier alpha value is -3.93. The van der Waals surface area contributed by atoms with Crippen molar-refractivity contribution in [2.75, 3.05) is 25.0 Å². The fourth-order valence-electron chi connectivity index (χ4n) is 4.28. The summed E-state index contributed by atoms with van der Waals surface area (Å²) >= 11 is 0. The number of amides is 2. The molecule has 0 saturated carbocycles. The van der Waals surface area contributed by atoms with Gasteiger partial charge in [0.05, 0.1) is 17.7 Å². The minimum absolute atomic E-state index is 0.0478. The highest BCUT2D eigenvalue weighted by molar-refractivity contribution is 6.04. The standard InChI is InChI=1S/C24H24F3N5O4/c25-24(26,27)23(35)36-32(12-2-1-3-13-32)14-11-20(33)29-17-7-9-18(10-8-17)31-15-16-5-4-6-19(22(28)34)21(16)30-31/h4-10,15H,1-3,11-14H2,(H2-,28,29,33,34)/p+1. The van der Waals surface area contributed by atoms with Crippen LogP contribution >= 0.6 is 0 Å². The molecule has 2 amide bonds. The van der Waals surface area contributed by atoms with Crippen molar-refractivity contribution >= 4 is 34.4 Å². The maximum absolute atomic E-state index is 12.7. The molecule has 3 aromatic rings. The van der Waals surface area contributed by atoms with Crippen LogP contribution in [-0.2, 0) is 14.4 Å². The number of nitrogens with zero attached hydrogens (tertiary/aromatic N) is 3. The molecule has 36 heavy (non-hydrogen) atoms. The Morgan fingerprint density at radius 2 is 1.75 bits per heavy atom.